The second-order valence-electron chi connectivity index (χ2n) is 5.97. The standard InChI is InChI=1S/C16H17BrClN3O3/c17-11-6-13-10(5-12(11)18)16(24)21(8-20-13)7-9(22)4-14-15(23)2-1-3-19-14/h5-6,8,14-15,19,23H,1-4,7H2/t14-,15?/m1/s1. The van der Waals surface area contributed by atoms with Crippen molar-refractivity contribution in [1.29, 1.82) is 0 Å². The van der Waals surface area contributed by atoms with Gasteiger partial charge in [-0.1, -0.05) is 11.6 Å². The van der Waals surface area contributed by atoms with Crippen molar-refractivity contribution in [2.75, 3.05) is 6.54 Å². The summed E-state index contributed by atoms with van der Waals surface area (Å²) < 4.78 is 1.94. The topological polar surface area (TPSA) is 84.2 Å². The number of rotatable bonds is 4. The number of fused-ring (bicyclic) bond motifs is 1. The lowest BCUT2D eigenvalue weighted by atomic mass is 9.97. The van der Waals surface area contributed by atoms with E-state index >= 15 is 0 Å². The number of aliphatic hydroxyl groups is 1. The average molecular weight is 415 g/mol. The zero-order valence-corrected chi connectivity index (χ0v) is 15.2. The van der Waals surface area contributed by atoms with E-state index in [1.54, 1.807) is 12.1 Å². The highest BCUT2D eigenvalue weighted by atomic mass is 79.9. The molecule has 6 nitrogen and oxygen atoms in total. The molecule has 1 aliphatic rings. The predicted molar refractivity (Wildman–Crippen MR) is 95.4 cm³/mol. The summed E-state index contributed by atoms with van der Waals surface area (Å²) in [6.45, 7) is 0.722. The largest absolute Gasteiger partial charge is 0.391 e. The Bertz CT molecular complexity index is 839. The fourth-order valence-electron chi connectivity index (χ4n) is 2.91. The van der Waals surface area contributed by atoms with Crippen molar-refractivity contribution >= 4 is 44.2 Å². The van der Waals surface area contributed by atoms with E-state index in [-0.39, 0.29) is 30.3 Å². The van der Waals surface area contributed by atoms with Gasteiger partial charge in [-0.2, -0.15) is 0 Å². The third-order valence-electron chi connectivity index (χ3n) is 4.21. The second-order valence-corrected chi connectivity index (χ2v) is 7.24. The Hall–Kier alpha value is -1.28. The van der Waals surface area contributed by atoms with Gasteiger partial charge in [0.05, 0.1) is 34.9 Å². The number of aliphatic hydroxyl groups excluding tert-OH is 1. The Morgan fingerprint density at radius 2 is 2.29 bits per heavy atom. The van der Waals surface area contributed by atoms with Gasteiger partial charge in [-0.15, -0.1) is 0 Å². The Balaban J connectivity index is 1.79. The van der Waals surface area contributed by atoms with Crippen LogP contribution in [0.15, 0.2) is 27.7 Å². The number of benzene rings is 1. The zero-order valence-electron chi connectivity index (χ0n) is 12.8. The van der Waals surface area contributed by atoms with Crippen LogP contribution in [0.2, 0.25) is 5.02 Å². The number of hydrogen-bond acceptors (Lipinski definition) is 5. The van der Waals surface area contributed by atoms with E-state index in [1.165, 1.54) is 10.9 Å². The lowest BCUT2D eigenvalue weighted by molar-refractivity contribution is -0.121. The number of aromatic nitrogens is 2. The van der Waals surface area contributed by atoms with Gasteiger partial charge in [-0.3, -0.25) is 14.2 Å². The Labute approximate surface area is 152 Å². The highest BCUT2D eigenvalue weighted by Crippen LogP contribution is 2.25. The van der Waals surface area contributed by atoms with E-state index in [1.807, 2.05) is 0 Å². The number of nitrogens with zero attached hydrogens (tertiary/aromatic N) is 2. The molecule has 0 aliphatic carbocycles. The minimum Gasteiger partial charge on any atom is -0.391 e. The molecule has 0 radical (unpaired) electrons. The van der Waals surface area contributed by atoms with Crippen LogP contribution in [-0.2, 0) is 11.3 Å². The van der Waals surface area contributed by atoms with Gasteiger partial charge >= 0.3 is 0 Å². The fourth-order valence-corrected chi connectivity index (χ4v) is 3.40. The summed E-state index contributed by atoms with van der Waals surface area (Å²) in [5.74, 6) is -0.125. The number of hydrogen-bond donors (Lipinski definition) is 2. The lowest BCUT2D eigenvalue weighted by Gasteiger charge is -2.28. The molecule has 2 N–H and O–H groups in total. The Kier molecular flexibility index (Phi) is 5.34. The van der Waals surface area contributed by atoms with Crippen molar-refractivity contribution in [2.24, 2.45) is 0 Å². The molecule has 1 fully saturated rings. The molecule has 0 amide bonds. The summed E-state index contributed by atoms with van der Waals surface area (Å²) >= 11 is 9.33. The average Bonchev–Trinajstić information content (AvgIpc) is 2.54. The van der Waals surface area contributed by atoms with Gasteiger partial charge in [0, 0.05) is 16.9 Å². The highest BCUT2D eigenvalue weighted by Gasteiger charge is 2.25. The van der Waals surface area contributed by atoms with E-state index in [4.69, 9.17) is 11.6 Å². The first-order chi connectivity index (χ1) is 11.5. The molecule has 0 spiro atoms. The molecule has 2 aromatic rings. The highest BCUT2D eigenvalue weighted by molar-refractivity contribution is 9.10. The van der Waals surface area contributed by atoms with Gasteiger partial charge < -0.3 is 10.4 Å². The molecule has 0 bridgehead atoms. The number of nitrogens with one attached hydrogen (secondary N) is 1. The molecule has 2 heterocycles. The monoisotopic (exact) mass is 413 g/mol. The molecule has 1 unspecified atom stereocenters. The first kappa shape index (κ1) is 17.5. The van der Waals surface area contributed by atoms with Crippen molar-refractivity contribution in [2.45, 2.75) is 38.0 Å². The molecule has 128 valence electrons. The van der Waals surface area contributed by atoms with Crippen molar-refractivity contribution in [1.82, 2.24) is 14.9 Å². The minimum absolute atomic E-state index is 0.0691. The van der Waals surface area contributed by atoms with E-state index < -0.39 is 6.10 Å². The number of Topliss-reactive ketones (excluding diaryl/α,β-unsaturated/α-hetero) is 1. The number of piperidine rings is 1. The molecule has 8 heteroatoms. The molecule has 1 saturated heterocycles. The molecular formula is C16H17BrClN3O3. The van der Waals surface area contributed by atoms with Gasteiger partial charge in [-0.05, 0) is 47.4 Å². The predicted octanol–water partition coefficient (Wildman–Crippen LogP) is 1.88. The Morgan fingerprint density at radius 3 is 3.04 bits per heavy atom. The van der Waals surface area contributed by atoms with Crippen LogP contribution < -0.4 is 10.9 Å². The minimum atomic E-state index is -0.523. The van der Waals surface area contributed by atoms with Gasteiger partial charge in [0.15, 0.2) is 5.78 Å². The Morgan fingerprint density at radius 1 is 1.50 bits per heavy atom. The van der Waals surface area contributed by atoms with Crippen LogP contribution in [0, 0.1) is 0 Å². The molecule has 2 atom stereocenters. The van der Waals surface area contributed by atoms with Crippen molar-refractivity contribution in [3.63, 3.8) is 0 Å². The quantitative estimate of drug-likeness (QED) is 0.798. The third kappa shape index (κ3) is 3.69. The van der Waals surface area contributed by atoms with Crippen molar-refractivity contribution in [3.05, 3.63) is 38.3 Å². The molecule has 24 heavy (non-hydrogen) atoms. The summed E-state index contributed by atoms with van der Waals surface area (Å²) in [4.78, 5) is 29.0. The fraction of sp³-hybridized carbons (Fsp3) is 0.438. The first-order valence-electron chi connectivity index (χ1n) is 7.73. The van der Waals surface area contributed by atoms with E-state index in [0.29, 0.717) is 26.8 Å². The summed E-state index contributed by atoms with van der Waals surface area (Å²) in [6.07, 6.45) is 2.62. The van der Waals surface area contributed by atoms with Crippen LogP contribution in [0.1, 0.15) is 19.3 Å². The maximum Gasteiger partial charge on any atom is 0.261 e. The van der Waals surface area contributed by atoms with Crippen LogP contribution in [-0.4, -0.2) is 39.1 Å². The number of ketones is 1. The molecule has 3 rings (SSSR count). The van der Waals surface area contributed by atoms with E-state index in [2.05, 4.69) is 26.2 Å². The summed E-state index contributed by atoms with van der Waals surface area (Å²) in [7, 11) is 0. The zero-order chi connectivity index (χ0) is 17.3. The lowest BCUT2D eigenvalue weighted by Crippen LogP contribution is -2.46. The van der Waals surface area contributed by atoms with Crippen LogP contribution in [0.5, 0.6) is 0 Å². The molecule has 1 aromatic carbocycles. The number of halogens is 2. The van der Waals surface area contributed by atoms with Crippen LogP contribution in [0.4, 0.5) is 0 Å². The maximum absolute atomic E-state index is 12.5. The molecule has 1 aromatic heterocycles. The molecular weight excluding hydrogens is 398 g/mol. The molecule has 0 saturated carbocycles. The van der Waals surface area contributed by atoms with Crippen LogP contribution in [0.25, 0.3) is 10.9 Å². The normalized spacial score (nSPS) is 21.1. The van der Waals surface area contributed by atoms with Crippen LogP contribution in [0.3, 0.4) is 0 Å². The van der Waals surface area contributed by atoms with Crippen LogP contribution >= 0.6 is 27.5 Å². The number of carbonyl (C=O) groups excluding carboxylic acids is 1. The molecule has 1 aliphatic heterocycles. The second kappa shape index (κ2) is 7.31. The van der Waals surface area contributed by atoms with Gasteiger partial charge in [0.1, 0.15) is 0 Å². The summed E-state index contributed by atoms with van der Waals surface area (Å²) in [5.41, 5.74) is 0.212. The van der Waals surface area contributed by atoms with Gasteiger partial charge in [0.2, 0.25) is 0 Å². The van der Waals surface area contributed by atoms with Crippen molar-refractivity contribution in [3.8, 4) is 0 Å². The smallest absolute Gasteiger partial charge is 0.261 e. The third-order valence-corrected chi connectivity index (χ3v) is 5.41. The SMILES string of the molecule is O=C(C[C@H]1NCCCC1O)Cn1cnc2cc(Br)c(Cl)cc2c1=O. The van der Waals surface area contributed by atoms with Gasteiger partial charge in [-0.25, -0.2) is 4.98 Å². The number of carbonyl (C=O) groups is 1. The first-order valence-corrected chi connectivity index (χ1v) is 8.90. The summed E-state index contributed by atoms with van der Waals surface area (Å²) in [6, 6.07) is 2.97. The van der Waals surface area contributed by atoms with E-state index in [9.17, 15) is 14.7 Å². The summed E-state index contributed by atoms with van der Waals surface area (Å²) in [5, 5.41) is 13.9. The van der Waals surface area contributed by atoms with Gasteiger partial charge in [0.25, 0.3) is 5.56 Å². The van der Waals surface area contributed by atoms with E-state index in [0.717, 1.165) is 13.0 Å². The van der Waals surface area contributed by atoms with Crippen molar-refractivity contribution < 1.29 is 9.90 Å². The maximum atomic E-state index is 12.5.